The van der Waals surface area contributed by atoms with Crippen LogP contribution >= 0.6 is 23.1 Å². The van der Waals surface area contributed by atoms with Gasteiger partial charge in [-0.15, -0.1) is 11.3 Å². The second-order valence-corrected chi connectivity index (χ2v) is 5.02. The number of nitrogens with zero attached hydrogens (tertiary/aromatic N) is 1. The van der Waals surface area contributed by atoms with Crippen molar-refractivity contribution in [2.24, 2.45) is 5.73 Å². The molecular weight excluding hydrogens is 188 g/mol. The van der Waals surface area contributed by atoms with Gasteiger partial charge in [0.1, 0.15) is 5.01 Å². The maximum atomic E-state index is 6.01. The van der Waals surface area contributed by atoms with Crippen LogP contribution in [0.5, 0.6) is 0 Å². The second kappa shape index (κ2) is 3.01. The minimum atomic E-state index is -0.0485. The fraction of sp³-hybridized carbons (Fsp3) is 0.625. The van der Waals surface area contributed by atoms with Crippen molar-refractivity contribution >= 4 is 23.1 Å². The molecule has 0 aliphatic heterocycles. The summed E-state index contributed by atoms with van der Waals surface area (Å²) in [5, 5.41) is 3.31. The van der Waals surface area contributed by atoms with Gasteiger partial charge in [-0.2, -0.15) is 11.8 Å². The van der Waals surface area contributed by atoms with Crippen LogP contribution in [-0.4, -0.2) is 11.2 Å². The Kier molecular flexibility index (Phi) is 2.14. The summed E-state index contributed by atoms with van der Waals surface area (Å²) in [6, 6.07) is 0. The fourth-order valence-corrected chi connectivity index (χ4v) is 2.74. The summed E-state index contributed by atoms with van der Waals surface area (Å²) >= 11 is 3.54. The molecule has 0 unspecified atom stereocenters. The molecule has 0 bridgehead atoms. The van der Waals surface area contributed by atoms with Crippen LogP contribution in [0.4, 0.5) is 0 Å². The number of hydrogen-bond acceptors (Lipinski definition) is 4. The summed E-state index contributed by atoms with van der Waals surface area (Å²) < 4.78 is 0. The van der Waals surface area contributed by atoms with E-state index in [-0.39, 0.29) is 5.54 Å². The summed E-state index contributed by atoms with van der Waals surface area (Å²) in [6.07, 6.45) is 4.31. The third-order valence-electron chi connectivity index (χ3n) is 2.12. The van der Waals surface area contributed by atoms with Crippen LogP contribution in [0.3, 0.4) is 0 Å². The molecule has 0 amide bonds. The lowest BCUT2D eigenvalue weighted by atomic mass is 10.2. The first-order valence-electron chi connectivity index (χ1n) is 3.97. The zero-order chi connectivity index (χ0) is 8.60. The predicted molar refractivity (Wildman–Crippen MR) is 54.4 cm³/mol. The molecule has 0 spiro atoms. The van der Waals surface area contributed by atoms with E-state index in [0.29, 0.717) is 0 Å². The van der Waals surface area contributed by atoms with Crippen LogP contribution in [0.1, 0.15) is 23.5 Å². The molecule has 1 aliphatic carbocycles. The molecule has 2 rings (SSSR count). The SMILES string of the molecule is CSCc1nc(C2(N)CC2)cs1. The van der Waals surface area contributed by atoms with E-state index in [9.17, 15) is 0 Å². The van der Waals surface area contributed by atoms with E-state index in [1.165, 1.54) is 5.01 Å². The molecule has 1 aromatic heterocycles. The van der Waals surface area contributed by atoms with E-state index in [1.807, 2.05) is 0 Å². The average molecular weight is 200 g/mol. The van der Waals surface area contributed by atoms with Gasteiger partial charge in [0.25, 0.3) is 0 Å². The number of thiazole rings is 1. The molecule has 0 radical (unpaired) electrons. The van der Waals surface area contributed by atoms with Crippen LogP contribution < -0.4 is 5.73 Å². The Bertz CT molecular complexity index is 278. The quantitative estimate of drug-likeness (QED) is 0.810. The average Bonchev–Trinajstić information content (AvgIpc) is 2.64. The third kappa shape index (κ3) is 1.51. The first kappa shape index (κ1) is 8.53. The number of thioether (sulfide) groups is 1. The van der Waals surface area contributed by atoms with Gasteiger partial charge in [-0.25, -0.2) is 4.98 Å². The Morgan fingerprint density at radius 3 is 3.08 bits per heavy atom. The van der Waals surface area contributed by atoms with Gasteiger partial charge in [0.2, 0.25) is 0 Å². The van der Waals surface area contributed by atoms with Crippen LogP contribution in [0.15, 0.2) is 5.38 Å². The lowest BCUT2D eigenvalue weighted by Gasteiger charge is -2.01. The molecule has 12 heavy (non-hydrogen) atoms. The van der Waals surface area contributed by atoms with E-state index in [0.717, 1.165) is 24.3 Å². The van der Waals surface area contributed by atoms with Crippen LogP contribution in [0.25, 0.3) is 0 Å². The lowest BCUT2D eigenvalue weighted by molar-refractivity contribution is 0.712. The van der Waals surface area contributed by atoms with Gasteiger partial charge in [0.05, 0.1) is 11.2 Å². The molecule has 1 aromatic rings. The first-order chi connectivity index (χ1) is 5.74. The van der Waals surface area contributed by atoms with Gasteiger partial charge in [-0.1, -0.05) is 0 Å². The molecular formula is C8H12N2S2. The Balaban J connectivity index is 2.13. The summed E-state index contributed by atoms with van der Waals surface area (Å²) in [7, 11) is 0. The van der Waals surface area contributed by atoms with Gasteiger partial charge in [0, 0.05) is 11.1 Å². The van der Waals surface area contributed by atoms with Crippen molar-refractivity contribution in [1.29, 1.82) is 0 Å². The Morgan fingerprint density at radius 2 is 2.50 bits per heavy atom. The number of aromatic nitrogens is 1. The van der Waals surface area contributed by atoms with Gasteiger partial charge >= 0.3 is 0 Å². The predicted octanol–water partition coefficient (Wildman–Crippen LogP) is 1.95. The lowest BCUT2D eigenvalue weighted by Crippen LogP contribution is -2.18. The van der Waals surface area contributed by atoms with Gasteiger partial charge in [-0.05, 0) is 19.1 Å². The summed E-state index contributed by atoms with van der Waals surface area (Å²) in [4.78, 5) is 4.51. The molecule has 66 valence electrons. The zero-order valence-corrected chi connectivity index (χ0v) is 8.67. The fourth-order valence-electron chi connectivity index (χ4n) is 1.12. The van der Waals surface area contributed by atoms with Crippen LogP contribution in [-0.2, 0) is 11.3 Å². The smallest absolute Gasteiger partial charge is 0.103 e. The van der Waals surface area contributed by atoms with E-state index >= 15 is 0 Å². The van der Waals surface area contributed by atoms with Crippen molar-refractivity contribution in [3.05, 3.63) is 16.1 Å². The summed E-state index contributed by atoms with van der Waals surface area (Å²) in [5.74, 6) is 1.01. The highest BCUT2D eigenvalue weighted by atomic mass is 32.2. The summed E-state index contributed by atoms with van der Waals surface area (Å²) in [6.45, 7) is 0. The molecule has 1 saturated carbocycles. The maximum absolute atomic E-state index is 6.01. The van der Waals surface area contributed by atoms with E-state index in [4.69, 9.17) is 5.73 Å². The minimum absolute atomic E-state index is 0.0485. The van der Waals surface area contributed by atoms with Crippen LogP contribution in [0, 0.1) is 0 Å². The number of rotatable bonds is 3. The second-order valence-electron chi connectivity index (χ2n) is 3.22. The normalized spacial score (nSPS) is 19.5. The van der Waals surface area contributed by atoms with Crippen molar-refractivity contribution in [3.8, 4) is 0 Å². The van der Waals surface area contributed by atoms with Crippen LogP contribution in [0.2, 0.25) is 0 Å². The highest BCUT2D eigenvalue weighted by Gasteiger charge is 2.42. The molecule has 1 aliphatic rings. The molecule has 1 fully saturated rings. The molecule has 0 aromatic carbocycles. The standard InChI is InChI=1S/C8H12N2S2/c1-11-5-7-10-6(4-12-7)8(9)2-3-8/h4H,2-3,5,9H2,1H3. The van der Waals surface area contributed by atoms with E-state index < -0.39 is 0 Å². The molecule has 2 nitrogen and oxygen atoms in total. The first-order valence-corrected chi connectivity index (χ1v) is 6.25. The number of hydrogen-bond donors (Lipinski definition) is 1. The van der Waals surface area contributed by atoms with Crippen molar-refractivity contribution < 1.29 is 0 Å². The largest absolute Gasteiger partial charge is 0.320 e. The van der Waals surface area contributed by atoms with Crippen molar-refractivity contribution in [2.45, 2.75) is 24.1 Å². The molecule has 2 N–H and O–H groups in total. The van der Waals surface area contributed by atoms with Crippen molar-refractivity contribution in [3.63, 3.8) is 0 Å². The summed E-state index contributed by atoms with van der Waals surface area (Å²) in [5.41, 5.74) is 7.07. The molecule has 1 heterocycles. The zero-order valence-electron chi connectivity index (χ0n) is 7.04. The Labute approximate surface area is 80.6 Å². The van der Waals surface area contributed by atoms with Gasteiger partial charge in [0.15, 0.2) is 0 Å². The third-order valence-corrected chi connectivity index (χ3v) is 3.71. The Hall–Kier alpha value is -0.0600. The van der Waals surface area contributed by atoms with E-state index in [2.05, 4.69) is 16.6 Å². The minimum Gasteiger partial charge on any atom is -0.320 e. The number of nitrogens with two attached hydrogens (primary N) is 1. The highest BCUT2D eigenvalue weighted by Crippen LogP contribution is 2.42. The van der Waals surface area contributed by atoms with E-state index in [1.54, 1.807) is 23.1 Å². The molecule has 0 saturated heterocycles. The Morgan fingerprint density at radius 1 is 1.75 bits per heavy atom. The van der Waals surface area contributed by atoms with Crippen molar-refractivity contribution in [2.75, 3.05) is 6.26 Å². The monoisotopic (exact) mass is 200 g/mol. The van der Waals surface area contributed by atoms with Gasteiger partial charge in [-0.3, -0.25) is 0 Å². The molecule has 0 atom stereocenters. The topological polar surface area (TPSA) is 38.9 Å². The highest BCUT2D eigenvalue weighted by molar-refractivity contribution is 7.97. The van der Waals surface area contributed by atoms with Gasteiger partial charge < -0.3 is 5.73 Å². The van der Waals surface area contributed by atoms with Crippen molar-refractivity contribution in [1.82, 2.24) is 4.98 Å². The molecule has 4 heteroatoms. The maximum Gasteiger partial charge on any atom is 0.103 e.